The van der Waals surface area contributed by atoms with Crippen LogP contribution in [0.5, 0.6) is 11.5 Å². The predicted molar refractivity (Wildman–Crippen MR) is 73.3 cm³/mol. The van der Waals surface area contributed by atoms with Gasteiger partial charge < -0.3 is 20.3 Å². The first kappa shape index (κ1) is 13.2. The van der Waals surface area contributed by atoms with Crippen molar-refractivity contribution in [3.05, 3.63) is 22.8 Å². The Hall–Kier alpha value is -1.75. The smallest absolute Gasteiger partial charge is 0.320 e. The summed E-state index contributed by atoms with van der Waals surface area (Å²) in [5.74, 6) is 0.696. The minimum Gasteiger partial charge on any atom is -0.490 e. The molecule has 1 aromatic carbocycles. The van der Waals surface area contributed by atoms with E-state index in [2.05, 4.69) is 0 Å². The molecule has 3 atom stereocenters. The highest BCUT2D eigenvalue weighted by Gasteiger charge is 2.32. The van der Waals surface area contributed by atoms with Gasteiger partial charge in [-0.25, -0.2) is 0 Å². The molecule has 0 radical (unpaired) electrons. The van der Waals surface area contributed by atoms with Crippen LogP contribution in [-0.2, 0) is 24.1 Å². The van der Waals surface area contributed by atoms with Crippen LogP contribution in [0.25, 0.3) is 0 Å². The summed E-state index contributed by atoms with van der Waals surface area (Å²) >= 11 is 0. The second-order valence-electron chi connectivity index (χ2n) is 5.73. The Balaban J connectivity index is 2.05. The molecule has 3 unspecified atom stereocenters. The molecular formula is C15H19NO4. The summed E-state index contributed by atoms with van der Waals surface area (Å²) in [5, 5.41) is 9.05. The molecule has 108 valence electrons. The van der Waals surface area contributed by atoms with Gasteiger partial charge in [0, 0.05) is 36.0 Å². The molecule has 0 saturated carbocycles. The Morgan fingerprint density at radius 1 is 1.40 bits per heavy atom. The third-order valence-corrected chi connectivity index (χ3v) is 3.92. The van der Waals surface area contributed by atoms with E-state index in [9.17, 15) is 4.79 Å². The van der Waals surface area contributed by atoms with Crippen molar-refractivity contribution in [2.45, 2.75) is 51.4 Å². The summed E-state index contributed by atoms with van der Waals surface area (Å²) < 4.78 is 11.7. The summed E-state index contributed by atoms with van der Waals surface area (Å²) in [7, 11) is 0. The molecule has 0 amide bonds. The Bertz CT molecular complexity index is 533. The van der Waals surface area contributed by atoms with Gasteiger partial charge in [-0.15, -0.1) is 0 Å². The fourth-order valence-electron chi connectivity index (χ4n) is 3.04. The molecule has 0 aliphatic carbocycles. The normalized spacial score (nSPS) is 24.6. The Morgan fingerprint density at radius 2 is 2.10 bits per heavy atom. The van der Waals surface area contributed by atoms with Gasteiger partial charge in [0.25, 0.3) is 0 Å². The third-order valence-electron chi connectivity index (χ3n) is 3.92. The van der Waals surface area contributed by atoms with Crippen molar-refractivity contribution < 1.29 is 19.4 Å². The molecule has 3 N–H and O–H groups in total. The lowest BCUT2D eigenvalue weighted by molar-refractivity contribution is -0.138. The van der Waals surface area contributed by atoms with Gasteiger partial charge in [-0.1, -0.05) is 0 Å². The number of carbonyl (C=O) groups is 1. The first-order chi connectivity index (χ1) is 9.45. The topological polar surface area (TPSA) is 81.8 Å². The molecule has 5 nitrogen and oxygen atoms in total. The van der Waals surface area contributed by atoms with Gasteiger partial charge in [-0.2, -0.15) is 0 Å². The highest BCUT2D eigenvalue weighted by Crippen LogP contribution is 2.43. The summed E-state index contributed by atoms with van der Waals surface area (Å²) in [6.07, 6.45) is 2.12. The fraction of sp³-hybridized carbons (Fsp3) is 0.533. The maximum atomic E-state index is 11.0. The molecule has 0 spiro atoms. The number of carboxylic acid groups (broad SMARTS) is 1. The molecule has 0 aromatic heterocycles. The van der Waals surface area contributed by atoms with Gasteiger partial charge in [0.05, 0.1) is 0 Å². The SMILES string of the molecule is CC1Cc2c(cc3c(c2CC(N)C(=O)O)OC(C)C3)O1. The zero-order valence-corrected chi connectivity index (χ0v) is 11.7. The van der Waals surface area contributed by atoms with Gasteiger partial charge in [0.1, 0.15) is 29.7 Å². The van der Waals surface area contributed by atoms with Gasteiger partial charge in [-0.3, -0.25) is 4.79 Å². The van der Waals surface area contributed by atoms with Crippen molar-refractivity contribution in [3.63, 3.8) is 0 Å². The maximum Gasteiger partial charge on any atom is 0.320 e. The van der Waals surface area contributed by atoms with Gasteiger partial charge in [-0.05, 0) is 19.9 Å². The Kier molecular flexibility index (Phi) is 3.09. The maximum absolute atomic E-state index is 11.0. The van der Waals surface area contributed by atoms with E-state index in [0.717, 1.165) is 41.0 Å². The van der Waals surface area contributed by atoms with Crippen LogP contribution in [0, 0.1) is 0 Å². The van der Waals surface area contributed by atoms with Crippen LogP contribution >= 0.6 is 0 Å². The van der Waals surface area contributed by atoms with Crippen molar-refractivity contribution in [1.82, 2.24) is 0 Å². The molecule has 20 heavy (non-hydrogen) atoms. The van der Waals surface area contributed by atoms with Crippen LogP contribution < -0.4 is 15.2 Å². The van der Waals surface area contributed by atoms with Crippen molar-refractivity contribution in [3.8, 4) is 11.5 Å². The number of nitrogens with two attached hydrogens (primary N) is 1. The van der Waals surface area contributed by atoms with Crippen LogP contribution in [0.2, 0.25) is 0 Å². The third kappa shape index (κ3) is 2.12. The van der Waals surface area contributed by atoms with E-state index in [1.165, 1.54) is 0 Å². The average molecular weight is 277 g/mol. The molecule has 3 rings (SSSR count). The highest BCUT2D eigenvalue weighted by molar-refractivity contribution is 5.74. The largest absolute Gasteiger partial charge is 0.490 e. The van der Waals surface area contributed by atoms with Gasteiger partial charge in [0.2, 0.25) is 0 Å². The quantitative estimate of drug-likeness (QED) is 0.870. The van der Waals surface area contributed by atoms with E-state index >= 15 is 0 Å². The van der Waals surface area contributed by atoms with E-state index in [1.807, 2.05) is 19.9 Å². The second-order valence-corrected chi connectivity index (χ2v) is 5.73. The van der Waals surface area contributed by atoms with Crippen LogP contribution in [0.4, 0.5) is 0 Å². The predicted octanol–water partition coefficient (Wildman–Crippen LogP) is 1.29. The number of hydrogen-bond acceptors (Lipinski definition) is 4. The minimum absolute atomic E-state index is 0.116. The van der Waals surface area contributed by atoms with Crippen molar-refractivity contribution >= 4 is 5.97 Å². The second kappa shape index (κ2) is 4.66. The zero-order chi connectivity index (χ0) is 14.4. The molecular weight excluding hydrogens is 258 g/mol. The average Bonchev–Trinajstić information content (AvgIpc) is 2.90. The molecule has 1 aromatic rings. The molecule has 0 fully saturated rings. The van der Waals surface area contributed by atoms with Crippen LogP contribution in [0.15, 0.2) is 6.07 Å². The molecule has 2 heterocycles. The first-order valence-electron chi connectivity index (χ1n) is 6.95. The van der Waals surface area contributed by atoms with Crippen molar-refractivity contribution in [2.24, 2.45) is 5.73 Å². The number of fused-ring (bicyclic) bond motifs is 2. The fourth-order valence-corrected chi connectivity index (χ4v) is 3.04. The minimum atomic E-state index is -0.991. The van der Waals surface area contributed by atoms with Crippen LogP contribution in [-0.4, -0.2) is 29.3 Å². The van der Waals surface area contributed by atoms with Gasteiger partial charge in [0.15, 0.2) is 0 Å². The number of aliphatic carboxylic acids is 1. The molecule has 0 bridgehead atoms. The summed E-state index contributed by atoms with van der Waals surface area (Å²) in [4.78, 5) is 11.0. The zero-order valence-electron chi connectivity index (χ0n) is 11.7. The Morgan fingerprint density at radius 3 is 2.80 bits per heavy atom. The number of ether oxygens (including phenoxy) is 2. The van der Waals surface area contributed by atoms with E-state index in [0.29, 0.717) is 0 Å². The lowest BCUT2D eigenvalue weighted by atomic mass is 9.93. The molecule has 2 aliphatic heterocycles. The van der Waals surface area contributed by atoms with E-state index < -0.39 is 12.0 Å². The number of rotatable bonds is 3. The summed E-state index contributed by atoms with van der Waals surface area (Å²) in [6, 6.07) is 1.12. The lowest BCUT2D eigenvalue weighted by Crippen LogP contribution is -2.32. The van der Waals surface area contributed by atoms with Gasteiger partial charge >= 0.3 is 5.97 Å². The summed E-state index contributed by atoms with van der Waals surface area (Å²) in [5.41, 5.74) is 8.78. The number of carboxylic acids is 1. The molecule has 0 saturated heterocycles. The molecule has 5 heteroatoms. The standard InChI is InChI=1S/C15H19NO4/c1-7-3-9-5-13-10(4-8(2)19-13)11(14(9)20-7)6-12(16)15(17)18/h5,7-8,12H,3-4,6,16H2,1-2H3,(H,17,18). The summed E-state index contributed by atoms with van der Waals surface area (Å²) in [6.45, 7) is 4.02. The highest BCUT2D eigenvalue weighted by atomic mass is 16.5. The van der Waals surface area contributed by atoms with E-state index in [1.54, 1.807) is 0 Å². The first-order valence-corrected chi connectivity index (χ1v) is 6.95. The van der Waals surface area contributed by atoms with Crippen LogP contribution in [0.1, 0.15) is 30.5 Å². The van der Waals surface area contributed by atoms with E-state index in [4.69, 9.17) is 20.3 Å². The van der Waals surface area contributed by atoms with Crippen molar-refractivity contribution in [1.29, 1.82) is 0 Å². The number of hydrogen-bond donors (Lipinski definition) is 2. The lowest BCUT2D eigenvalue weighted by Gasteiger charge is -2.15. The molecule has 2 aliphatic rings. The monoisotopic (exact) mass is 277 g/mol. The van der Waals surface area contributed by atoms with Crippen LogP contribution in [0.3, 0.4) is 0 Å². The number of benzene rings is 1. The van der Waals surface area contributed by atoms with Crippen molar-refractivity contribution in [2.75, 3.05) is 0 Å². The Labute approximate surface area is 117 Å². The van der Waals surface area contributed by atoms with E-state index in [-0.39, 0.29) is 18.6 Å².